The number of ether oxygens (including phenoxy) is 1. The second-order valence-electron chi connectivity index (χ2n) is 8.34. The zero-order valence-electron chi connectivity index (χ0n) is 17.7. The molecular weight excluding hydrogens is 407 g/mol. The van der Waals surface area contributed by atoms with Crippen LogP contribution in [0.25, 0.3) is 16.8 Å². The van der Waals surface area contributed by atoms with E-state index in [2.05, 4.69) is 15.0 Å². The van der Waals surface area contributed by atoms with E-state index in [1.165, 1.54) is 30.7 Å². The molecule has 3 rings (SSSR count). The summed E-state index contributed by atoms with van der Waals surface area (Å²) in [4.78, 5) is 16.9. The van der Waals surface area contributed by atoms with E-state index in [0.717, 1.165) is 0 Å². The topological polar surface area (TPSA) is 56.2 Å². The minimum absolute atomic E-state index is 0.0638. The van der Waals surface area contributed by atoms with Gasteiger partial charge < -0.3 is 10.1 Å². The lowest BCUT2D eigenvalue weighted by atomic mass is 9.88. The molecule has 0 spiro atoms. The van der Waals surface area contributed by atoms with Crippen molar-refractivity contribution in [2.45, 2.75) is 40.1 Å². The van der Waals surface area contributed by atoms with Crippen molar-refractivity contribution in [3.8, 4) is 22.6 Å². The summed E-state index contributed by atoms with van der Waals surface area (Å²) in [5, 5.41) is 2.99. The van der Waals surface area contributed by atoms with Crippen molar-refractivity contribution < 1.29 is 22.7 Å². The Morgan fingerprint density at radius 1 is 1.06 bits per heavy atom. The highest BCUT2D eigenvalue weighted by Crippen LogP contribution is 2.29. The number of imidazole rings is 1. The number of amides is 1. The molecule has 31 heavy (non-hydrogen) atoms. The molecule has 164 valence electrons. The molecule has 3 aromatic rings. The molecule has 5 nitrogen and oxygen atoms in total. The van der Waals surface area contributed by atoms with Crippen LogP contribution in [0.15, 0.2) is 61.1 Å². The summed E-state index contributed by atoms with van der Waals surface area (Å²) in [5.41, 5.74) is 2.14. The van der Waals surface area contributed by atoms with Gasteiger partial charge in [0.1, 0.15) is 11.4 Å². The molecule has 8 heteroatoms. The van der Waals surface area contributed by atoms with Crippen molar-refractivity contribution in [1.82, 2.24) is 14.9 Å². The van der Waals surface area contributed by atoms with Crippen LogP contribution in [0, 0.1) is 5.41 Å². The summed E-state index contributed by atoms with van der Waals surface area (Å²) in [6.07, 6.45) is -1.75. The van der Waals surface area contributed by atoms with Gasteiger partial charge in [-0.2, -0.15) is 0 Å². The first-order valence-corrected chi connectivity index (χ1v) is 9.74. The van der Waals surface area contributed by atoms with Gasteiger partial charge in [0.2, 0.25) is 0 Å². The Morgan fingerprint density at radius 3 is 2.35 bits per heavy atom. The van der Waals surface area contributed by atoms with Crippen LogP contribution in [0.4, 0.5) is 13.2 Å². The number of hydrogen-bond donors (Lipinski definition) is 1. The predicted octanol–water partition coefficient (Wildman–Crippen LogP) is 5.60. The standard InChI is InChI=1S/C23H24F3N3O2/c1-15(22(2,3)4)28-21(30)20-13-27-14-29(20)18-9-5-7-16(11-18)17-8-6-10-19(12-17)31-23(24,25)26/h5-15H,1-4H3,(H,28,30)/t15-/m1/s1. The van der Waals surface area contributed by atoms with Crippen LogP contribution in [0.5, 0.6) is 5.75 Å². The van der Waals surface area contributed by atoms with E-state index < -0.39 is 6.36 Å². The molecule has 1 aromatic heterocycles. The number of nitrogens with one attached hydrogen (secondary N) is 1. The van der Waals surface area contributed by atoms with Crippen molar-refractivity contribution >= 4 is 5.91 Å². The minimum Gasteiger partial charge on any atom is -0.406 e. The molecule has 0 aliphatic rings. The molecule has 0 radical (unpaired) electrons. The SMILES string of the molecule is C[C@@H](NC(=O)c1cncn1-c1cccc(-c2cccc(OC(F)(F)F)c2)c1)C(C)(C)C. The van der Waals surface area contributed by atoms with Gasteiger partial charge in [-0.1, -0.05) is 45.0 Å². The maximum absolute atomic E-state index is 12.8. The summed E-state index contributed by atoms with van der Waals surface area (Å²) >= 11 is 0. The lowest BCUT2D eigenvalue weighted by Gasteiger charge is -2.28. The van der Waals surface area contributed by atoms with E-state index in [-0.39, 0.29) is 23.1 Å². The number of carbonyl (C=O) groups excluding carboxylic acids is 1. The van der Waals surface area contributed by atoms with Gasteiger partial charge in [-0.05, 0) is 47.7 Å². The lowest BCUT2D eigenvalue weighted by molar-refractivity contribution is -0.274. The van der Waals surface area contributed by atoms with Gasteiger partial charge in [-0.3, -0.25) is 9.36 Å². The Kier molecular flexibility index (Phi) is 6.10. The quantitative estimate of drug-likeness (QED) is 0.572. The molecule has 0 saturated heterocycles. The van der Waals surface area contributed by atoms with Crippen LogP contribution in [-0.2, 0) is 0 Å². The van der Waals surface area contributed by atoms with Gasteiger partial charge in [0.25, 0.3) is 5.91 Å². The Morgan fingerprint density at radius 2 is 1.71 bits per heavy atom. The average molecular weight is 431 g/mol. The number of alkyl halides is 3. The third-order valence-corrected chi connectivity index (χ3v) is 5.04. The first-order chi connectivity index (χ1) is 14.4. The molecule has 0 bridgehead atoms. The Hall–Kier alpha value is -3.29. The number of nitrogens with zero attached hydrogens (tertiary/aromatic N) is 2. The van der Waals surface area contributed by atoms with E-state index in [1.54, 1.807) is 34.9 Å². The first kappa shape index (κ1) is 22.4. The van der Waals surface area contributed by atoms with Crippen LogP contribution in [0.3, 0.4) is 0 Å². The Bertz CT molecular complexity index is 1070. The smallest absolute Gasteiger partial charge is 0.406 e. The largest absolute Gasteiger partial charge is 0.573 e. The summed E-state index contributed by atoms with van der Waals surface area (Å²) in [6, 6.07) is 12.8. The summed E-state index contributed by atoms with van der Waals surface area (Å²) in [7, 11) is 0. The van der Waals surface area contributed by atoms with E-state index >= 15 is 0 Å². The number of aromatic nitrogens is 2. The number of benzene rings is 2. The number of carbonyl (C=O) groups is 1. The van der Waals surface area contributed by atoms with Gasteiger partial charge in [0.15, 0.2) is 0 Å². The molecule has 1 amide bonds. The Balaban J connectivity index is 1.90. The molecule has 0 aliphatic carbocycles. The maximum Gasteiger partial charge on any atom is 0.573 e. The molecule has 1 heterocycles. The highest BCUT2D eigenvalue weighted by atomic mass is 19.4. The van der Waals surface area contributed by atoms with Crippen LogP contribution in [0.1, 0.15) is 38.2 Å². The zero-order valence-corrected chi connectivity index (χ0v) is 17.7. The van der Waals surface area contributed by atoms with Crippen LogP contribution in [-0.4, -0.2) is 27.9 Å². The monoisotopic (exact) mass is 431 g/mol. The van der Waals surface area contributed by atoms with Crippen molar-refractivity contribution in [3.63, 3.8) is 0 Å². The molecule has 1 N–H and O–H groups in total. The fourth-order valence-corrected chi connectivity index (χ4v) is 2.86. The molecular formula is C23H24F3N3O2. The summed E-state index contributed by atoms with van der Waals surface area (Å²) < 4.78 is 43.3. The van der Waals surface area contributed by atoms with Gasteiger partial charge in [0.05, 0.1) is 12.5 Å². The van der Waals surface area contributed by atoms with Crippen LogP contribution in [0.2, 0.25) is 0 Å². The molecule has 2 aromatic carbocycles. The minimum atomic E-state index is -4.76. The predicted molar refractivity (Wildman–Crippen MR) is 112 cm³/mol. The number of rotatable bonds is 5. The van der Waals surface area contributed by atoms with E-state index in [4.69, 9.17) is 0 Å². The van der Waals surface area contributed by atoms with E-state index in [0.29, 0.717) is 22.5 Å². The van der Waals surface area contributed by atoms with Crippen molar-refractivity contribution in [2.75, 3.05) is 0 Å². The van der Waals surface area contributed by atoms with Crippen molar-refractivity contribution in [3.05, 3.63) is 66.7 Å². The van der Waals surface area contributed by atoms with Crippen LogP contribution < -0.4 is 10.1 Å². The summed E-state index contributed by atoms with van der Waals surface area (Å²) in [5.74, 6) is -0.555. The highest BCUT2D eigenvalue weighted by Gasteiger charge is 2.31. The fourth-order valence-electron chi connectivity index (χ4n) is 2.86. The summed E-state index contributed by atoms with van der Waals surface area (Å²) in [6.45, 7) is 8.05. The number of hydrogen-bond acceptors (Lipinski definition) is 3. The molecule has 1 atom stereocenters. The highest BCUT2D eigenvalue weighted by molar-refractivity contribution is 5.93. The van der Waals surface area contributed by atoms with Crippen molar-refractivity contribution in [2.24, 2.45) is 5.41 Å². The lowest BCUT2D eigenvalue weighted by Crippen LogP contribution is -2.41. The second kappa shape index (κ2) is 8.45. The normalized spacial score (nSPS) is 13.0. The average Bonchev–Trinajstić information content (AvgIpc) is 3.16. The fraction of sp³-hybridized carbons (Fsp3) is 0.304. The Labute approximate surface area is 178 Å². The molecule has 0 aliphatic heterocycles. The van der Waals surface area contributed by atoms with Crippen molar-refractivity contribution in [1.29, 1.82) is 0 Å². The first-order valence-electron chi connectivity index (χ1n) is 9.74. The third-order valence-electron chi connectivity index (χ3n) is 5.04. The zero-order chi connectivity index (χ0) is 22.8. The third kappa shape index (κ3) is 5.65. The molecule has 0 fully saturated rings. The molecule has 0 unspecified atom stereocenters. The second-order valence-corrected chi connectivity index (χ2v) is 8.34. The van der Waals surface area contributed by atoms with Gasteiger partial charge in [-0.25, -0.2) is 4.98 Å². The van der Waals surface area contributed by atoms with E-state index in [1.807, 2.05) is 27.7 Å². The van der Waals surface area contributed by atoms with Gasteiger partial charge in [-0.15, -0.1) is 13.2 Å². The van der Waals surface area contributed by atoms with Gasteiger partial charge in [0, 0.05) is 11.7 Å². The van der Waals surface area contributed by atoms with E-state index in [9.17, 15) is 18.0 Å². The number of halogens is 3. The maximum atomic E-state index is 12.8. The van der Waals surface area contributed by atoms with Crippen LogP contribution >= 0.6 is 0 Å². The van der Waals surface area contributed by atoms with Gasteiger partial charge >= 0.3 is 6.36 Å². The molecule has 0 saturated carbocycles.